The van der Waals surface area contributed by atoms with Crippen LogP contribution < -0.4 is 10.5 Å². The van der Waals surface area contributed by atoms with Crippen LogP contribution in [0.15, 0.2) is 24.3 Å². The van der Waals surface area contributed by atoms with Gasteiger partial charge in [0.15, 0.2) is 0 Å². The van der Waals surface area contributed by atoms with Crippen molar-refractivity contribution in [3.05, 3.63) is 24.3 Å². The molecular formula is C12H17NO5. The predicted molar refractivity (Wildman–Crippen MR) is 63.8 cm³/mol. The average molecular weight is 255 g/mol. The highest BCUT2D eigenvalue weighted by molar-refractivity contribution is 5.41. The average Bonchev–Trinajstić information content (AvgIpc) is 2.36. The highest BCUT2D eigenvalue weighted by Gasteiger charge is 2.43. The summed E-state index contributed by atoms with van der Waals surface area (Å²) in [5.41, 5.74) is 6.13. The van der Waals surface area contributed by atoms with Crippen molar-refractivity contribution in [2.24, 2.45) is 0 Å². The summed E-state index contributed by atoms with van der Waals surface area (Å²) in [6.45, 7) is 1.60. The number of ether oxygens (including phenoxy) is 2. The Morgan fingerprint density at radius 2 is 1.67 bits per heavy atom. The molecule has 0 saturated carbocycles. The molecule has 1 aromatic rings. The summed E-state index contributed by atoms with van der Waals surface area (Å²) in [6.07, 6.45) is -5.39. The molecule has 0 unspecified atom stereocenters. The number of hydrogen-bond acceptors (Lipinski definition) is 6. The van der Waals surface area contributed by atoms with E-state index < -0.39 is 30.7 Å². The number of hydrogen-bond donors (Lipinski definition) is 4. The van der Waals surface area contributed by atoms with E-state index in [0.717, 1.165) is 0 Å². The van der Waals surface area contributed by atoms with Crippen LogP contribution in [-0.4, -0.2) is 46.0 Å². The zero-order valence-electron chi connectivity index (χ0n) is 9.93. The minimum absolute atomic E-state index is 0.462. The molecule has 0 amide bonds. The van der Waals surface area contributed by atoms with Gasteiger partial charge in [-0.1, -0.05) is 0 Å². The second kappa shape index (κ2) is 5.11. The minimum atomic E-state index is -1.31. The van der Waals surface area contributed by atoms with Gasteiger partial charge < -0.3 is 30.5 Å². The van der Waals surface area contributed by atoms with E-state index in [1.807, 2.05) is 0 Å². The van der Waals surface area contributed by atoms with Gasteiger partial charge in [0.25, 0.3) is 0 Å². The van der Waals surface area contributed by atoms with Crippen LogP contribution in [-0.2, 0) is 4.74 Å². The minimum Gasteiger partial charge on any atom is -0.462 e. The van der Waals surface area contributed by atoms with E-state index >= 15 is 0 Å². The fourth-order valence-electron chi connectivity index (χ4n) is 1.79. The van der Waals surface area contributed by atoms with Crippen LogP contribution in [0.1, 0.15) is 6.92 Å². The fraction of sp³-hybridized carbons (Fsp3) is 0.500. The summed E-state index contributed by atoms with van der Waals surface area (Å²) < 4.78 is 10.7. The van der Waals surface area contributed by atoms with Gasteiger partial charge in [0.05, 0.1) is 6.10 Å². The number of benzene rings is 1. The maximum Gasteiger partial charge on any atom is 0.229 e. The lowest BCUT2D eigenvalue weighted by Crippen LogP contribution is -2.58. The lowest BCUT2D eigenvalue weighted by Gasteiger charge is -2.38. The number of aliphatic hydroxyl groups is 3. The number of rotatable bonds is 2. The first kappa shape index (κ1) is 13.1. The molecule has 1 aliphatic rings. The van der Waals surface area contributed by atoms with Crippen molar-refractivity contribution in [3.63, 3.8) is 0 Å². The van der Waals surface area contributed by atoms with Gasteiger partial charge in [-0.2, -0.15) is 0 Å². The van der Waals surface area contributed by atoms with Gasteiger partial charge in [-0.25, -0.2) is 0 Å². The van der Waals surface area contributed by atoms with E-state index in [0.29, 0.717) is 11.4 Å². The summed E-state index contributed by atoms with van der Waals surface area (Å²) in [4.78, 5) is 0. The van der Waals surface area contributed by atoms with Crippen LogP contribution in [0.25, 0.3) is 0 Å². The van der Waals surface area contributed by atoms with Crippen molar-refractivity contribution in [1.82, 2.24) is 0 Å². The molecule has 1 heterocycles. The molecule has 6 heteroatoms. The third kappa shape index (κ3) is 2.56. The van der Waals surface area contributed by atoms with Crippen LogP contribution in [0.4, 0.5) is 5.69 Å². The Labute approximate surface area is 105 Å². The van der Waals surface area contributed by atoms with E-state index in [4.69, 9.17) is 15.2 Å². The Kier molecular flexibility index (Phi) is 3.72. The predicted octanol–water partition coefficient (Wildman–Crippen LogP) is -0.525. The van der Waals surface area contributed by atoms with Crippen molar-refractivity contribution in [2.75, 3.05) is 5.73 Å². The lowest BCUT2D eigenvalue weighted by atomic mass is 10.00. The monoisotopic (exact) mass is 255 g/mol. The molecule has 2 rings (SSSR count). The van der Waals surface area contributed by atoms with Gasteiger partial charge in [0, 0.05) is 5.69 Å². The molecule has 1 fully saturated rings. The van der Waals surface area contributed by atoms with Crippen LogP contribution in [0.5, 0.6) is 5.75 Å². The van der Waals surface area contributed by atoms with Gasteiger partial charge in [-0.3, -0.25) is 0 Å². The molecule has 18 heavy (non-hydrogen) atoms. The topological polar surface area (TPSA) is 105 Å². The molecule has 0 aliphatic carbocycles. The molecule has 100 valence electrons. The fourth-order valence-corrected chi connectivity index (χ4v) is 1.79. The molecule has 6 nitrogen and oxygen atoms in total. The molecule has 0 bridgehead atoms. The molecule has 1 aliphatic heterocycles. The van der Waals surface area contributed by atoms with Gasteiger partial charge >= 0.3 is 0 Å². The summed E-state index contributed by atoms with van der Waals surface area (Å²) in [6, 6.07) is 6.57. The van der Waals surface area contributed by atoms with E-state index in [1.54, 1.807) is 31.2 Å². The van der Waals surface area contributed by atoms with E-state index in [9.17, 15) is 15.3 Å². The second-order valence-corrected chi connectivity index (χ2v) is 4.37. The molecule has 1 saturated heterocycles. The van der Waals surface area contributed by atoms with E-state index in [1.165, 1.54) is 0 Å². The van der Waals surface area contributed by atoms with Gasteiger partial charge in [-0.15, -0.1) is 0 Å². The quantitative estimate of drug-likeness (QED) is 0.530. The molecule has 1 aromatic carbocycles. The van der Waals surface area contributed by atoms with Gasteiger partial charge in [-0.05, 0) is 31.2 Å². The van der Waals surface area contributed by atoms with Crippen LogP contribution in [0.3, 0.4) is 0 Å². The zero-order valence-corrected chi connectivity index (χ0v) is 9.93. The number of nitrogens with two attached hydrogens (primary N) is 1. The number of aliphatic hydroxyl groups excluding tert-OH is 3. The third-order valence-electron chi connectivity index (χ3n) is 2.94. The second-order valence-electron chi connectivity index (χ2n) is 4.37. The van der Waals surface area contributed by atoms with Crippen LogP contribution >= 0.6 is 0 Å². The van der Waals surface area contributed by atoms with Gasteiger partial charge in [0.1, 0.15) is 24.1 Å². The summed E-state index contributed by atoms with van der Waals surface area (Å²) in [5.74, 6) is 0.462. The van der Waals surface area contributed by atoms with Crippen molar-refractivity contribution in [2.45, 2.75) is 37.6 Å². The molecule has 0 aromatic heterocycles. The van der Waals surface area contributed by atoms with Crippen LogP contribution in [0.2, 0.25) is 0 Å². The third-order valence-corrected chi connectivity index (χ3v) is 2.94. The first-order chi connectivity index (χ1) is 8.49. The number of anilines is 1. The standard InChI is InChI=1S/C12H17NO5/c1-6-9(14)10(15)11(16)12(17-6)18-8-4-2-7(13)3-5-8/h2-6,9-12,14-16H,13H2,1H3/t6-,9+,10+,11-,12-/m0/s1. The Balaban J connectivity index is 2.06. The van der Waals surface area contributed by atoms with E-state index in [2.05, 4.69) is 0 Å². The zero-order chi connectivity index (χ0) is 13.3. The maximum absolute atomic E-state index is 9.76. The first-order valence-electron chi connectivity index (χ1n) is 5.71. The maximum atomic E-state index is 9.76. The summed E-state index contributed by atoms with van der Waals surface area (Å²) in [5, 5.41) is 28.9. The Morgan fingerprint density at radius 3 is 2.28 bits per heavy atom. The molecule has 5 atom stereocenters. The Bertz CT molecular complexity index is 396. The van der Waals surface area contributed by atoms with Gasteiger partial charge in [0.2, 0.25) is 6.29 Å². The summed E-state index contributed by atoms with van der Waals surface area (Å²) >= 11 is 0. The molecule has 5 N–H and O–H groups in total. The lowest BCUT2D eigenvalue weighted by molar-refractivity contribution is -0.268. The molecule has 0 spiro atoms. The smallest absolute Gasteiger partial charge is 0.229 e. The Hall–Kier alpha value is -1.34. The normalized spacial score (nSPS) is 36.3. The molecular weight excluding hydrogens is 238 g/mol. The van der Waals surface area contributed by atoms with E-state index in [-0.39, 0.29) is 0 Å². The highest BCUT2D eigenvalue weighted by Crippen LogP contribution is 2.24. The highest BCUT2D eigenvalue weighted by atomic mass is 16.7. The summed E-state index contributed by atoms with van der Waals surface area (Å²) in [7, 11) is 0. The Morgan fingerprint density at radius 1 is 1.06 bits per heavy atom. The number of nitrogen functional groups attached to an aromatic ring is 1. The first-order valence-corrected chi connectivity index (χ1v) is 5.71. The van der Waals surface area contributed by atoms with Crippen molar-refractivity contribution in [1.29, 1.82) is 0 Å². The van der Waals surface area contributed by atoms with Crippen molar-refractivity contribution < 1.29 is 24.8 Å². The molecule has 0 radical (unpaired) electrons. The SMILES string of the molecule is C[C@@H]1O[C@@H](Oc2ccc(N)cc2)[C@@H](O)[C@H](O)[C@@H]1O. The van der Waals surface area contributed by atoms with Crippen LogP contribution in [0, 0.1) is 0 Å². The largest absolute Gasteiger partial charge is 0.462 e. The van der Waals surface area contributed by atoms with Crippen molar-refractivity contribution in [3.8, 4) is 5.75 Å². The van der Waals surface area contributed by atoms with Crippen molar-refractivity contribution >= 4 is 5.69 Å².